The van der Waals surface area contributed by atoms with Crippen LogP contribution in [-0.2, 0) is 9.53 Å². The van der Waals surface area contributed by atoms with Gasteiger partial charge in [-0.3, -0.25) is 10.1 Å². The summed E-state index contributed by atoms with van der Waals surface area (Å²) in [4.78, 5) is 14.9. The van der Waals surface area contributed by atoms with E-state index >= 15 is 0 Å². The van der Waals surface area contributed by atoms with E-state index in [-0.39, 0.29) is 16.9 Å². The van der Waals surface area contributed by atoms with Crippen LogP contribution in [0.3, 0.4) is 0 Å². The van der Waals surface area contributed by atoms with E-state index in [1.54, 1.807) is 6.07 Å². The second-order valence-electron chi connectivity index (χ2n) is 7.58. The Morgan fingerprint density at radius 2 is 2.00 bits per heavy atom. The SMILES string of the molecule is CO[C@H](C(=O)Nc1nnc(N[C@@H]2CCN(c3ccc(C)nn3)C2)s1)c1cccc(OC(F)F)c1. The lowest BCUT2D eigenvalue weighted by Gasteiger charge is -2.17. The Balaban J connectivity index is 1.34. The molecule has 0 aliphatic carbocycles. The van der Waals surface area contributed by atoms with Gasteiger partial charge in [-0.1, -0.05) is 23.5 Å². The average molecular weight is 492 g/mol. The third kappa shape index (κ3) is 5.91. The first-order valence-electron chi connectivity index (χ1n) is 10.4. The molecule has 2 aromatic heterocycles. The van der Waals surface area contributed by atoms with Crippen molar-refractivity contribution in [3.63, 3.8) is 0 Å². The number of nitrogens with one attached hydrogen (secondary N) is 2. The van der Waals surface area contributed by atoms with Crippen LogP contribution < -0.4 is 20.3 Å². The number of anilines is 3. The highest BCUT2D eigenvalue weighted by Crippen LogP contribution is 2.27. The number of aromatic nitrogens is 4. The highest BCUT2D eigenvalue weighted by molar-refractivity contribution is 7.19. The van der Waals surface area contributed by atoms with E-state index in [4.69, 9.17) is 4.74 Å². The number of ether oxygens (including phenoxy) is 2. The third-order valence-electron chi connectivity index (χ3n) is 5.14. The molecular weight excluding hydrogens is 468 g/mol. The van der Waals surface area contributed by atoms with Gasteiger partial charge >= 0.3 is 6.61 Å². The number of aryl methyl sites for hydroxylation is 1. The molecule has 1 saturated heterocycles. The lowest BCUT2D eigenvalue weighted by molar-refractivity contribution is -0.126. The van der Waals surface area contributed by atoms with Crippen molar-refractivity contribution in [2.45, 2.75) is 32.1 Å². The molecule has 180 valence electrons. The molecule has 0 unspecified atom stereocenters. The molecule has 1 fully saturated rings. The number of rotatable bonds is 9. The van der Waals surface area contributed by atoms with Crippen LogP contribution in [0.4, 0.5) is 24.9 Å². The summed E-state index contributed by atoms with van der Waals surface area (Å²) in [7, 11) is 1.35. The first-order valence-corrected chi connectivity index (χ1v) is 11.3. The van der Waals surface area contributed by atoms with Crippen molar-refractivity contribution in [1.29, 1.82) is 0 Å². The zero-order chi connectivity index (χ0) is 24.1. The van der Waals surface area contributed by atoms with Crippen LogP contribution >= 0.6 is 11.3 Å². The monoisotopic (exact) mass is 491 g/mol. The van der Waals surface area contributed by atoms with Crippen molar-refractivity contribution in [1.82, 2.24) is 20.4 Å². The largest absolute Gasteiger partial charge is 0.435 e. The lowest BCUT2D eigenvalue weighted by atomic mass is 10.1. The molecule has 1 aliphatic rings. The fraction of sp³-hybridized carbons (Fsp3) is 0.381. The molecule has 0 bridgehead atoms. The molecule has 2 atom stereocenters. The molecule has 10 nitrogen and oxygen atoms in total. The molecule has 0 saturated carbocycles. The first kappa shape index (κ1) is 23.7. The predicted octanol–water partition coefficient (Wildman–Crippen LogP) is 3.25. The van der Waals surface area contributed by atoms with E-state index < -0.39 is 18.6 Å². The standard InChI is InChI=1S/C21H23F2N7O3S/c1-12-6-7-16(27-26-12)30-9-8-14(11-30)24-20-28-29-21(34-20)25-18(31)17(32-2)13-4-3-5-15(10-13)33-19(22)23/h3-7,10,14,17,19H,8-9,11H2,1-2H3,(H,24,28)(H,25,29,31)/t14-,17+/m1/s1. The Bertz CT molecular complexity index is 1120. The maximum atomic E-state index is 12.7. The highest BCUT2D eigenvalue weighted by Gasteiger charge is 2.26. The van der Waals surface area contributed by atoms with Gasteiger partial charge in [-0.25, -0.2) is 0 Å². The summed E-state index contributed by atoms with van der Waals surface area (Å²) >= 11 is 1.19. The number of alkyl halides is 2. The van der Waals surface area contributed by atoms with E-state index in [1.807, 2.05) is 19.1 Å². The van der Waals surface area contributed by atoms with Crippen LogP contribution in [-0.4, -0.2) is 59.2 Å². The Kier molecular flexibility index (Phi) is 7.43. The fourth-order valence-corrected chi connectivity index (χ4v) is 4.30. The summed E-state index contributed by atoms with van der Waals surface area (Å²) in [5.74, 6) is 0.255. The molecule has 1 aromatic carbocycles. The fourth-order valence-electron chi connectivity index (χ4n) is 3.57. The van der Waals surface area contributed by atoms with Gasteiger partial charge < -0.3 is 19.7 Å². The van der Waals surface area contributed by atoms with Crippen LogP contribution in [0.5, 0.6) is 5.75 Å². The summed E-state index contributed by atoms with van der Waals surface area (Å²) in [6.45, 7) is 0.503. The van der Waals surface area contributed by atoms with Gasteiger partial charge in [0.1, 0.15) is 5.75 Å². The number of hydrogen-bond acceptors (Lipinski definition) is 10. The lowest BCUT2D eigenvalue weighted by Crippen LogP contribution is -2.26. The zero-order valence-corrected chi connectivity index (χ0v) is 19.3. The molecule has 3 aromatic rings. The molecule has 0 radical (unpaired) electrons. The van der Waals surface area contributed by atoms with Crippen molar-refractivity contribution < 1.29 is 23.0 Å². The van der Waals surface area contributed by atoms with Gasteiger partial charge in [0.05, 0.1) is 5.69 Å². The van der Waals surface area contributed by atoms with E-state index in [9.17, 15) is 13.6 Å². The maximum absolute atomic E-state index is 12.7. The summed E-state index contributed by atoms with van der Waals surface area (Å²) < 4.78 is 34.7. The number of benzene rings is 1. The topological polar surface area (TPSA) is 114 Å². The van der Waals surface area contributed by atoms with Crippen molar-refractivity contribution in [3.05, 3.63) is 47.7 Å². The molecular formula is C21H23F2N7O3S. The van der Waals surface area contributed by atoms with Crippen molar-refractivity contribution in [2.75, 3.05) is 35.7 Å². The number of carbonyl (C=O) groups excluding carboxylic acids is 1. The quantitative estimate of drug-likeness (QED) is 0.465. The van der Waals surface area contributed by atoms with Crippen LogP contribution in [0.1, 0.15) is 23.8 Å². The molecule has 0 spiro atoms. The van der Waals surface area contributed by atoms with Gasteiger partial charge in [0.2, 0.25) is 10.3 Å². The number of hydrogen-bond donors (Lipinski definition) is 2. The highest BCUT2D eigenvalue weighted by atomic mass is 32.1. The van der Waals surface area contributed by atoms with E-state index in [0.29, 0.717) is 10.7 Å². The minimum atomic E-state index is -2.96. The number of nitrogens with zero attached hydrogens (tertiary/aromatic N) is 5. The van der Waals surface area contributed by atoms with Crippen molar-refractivity contribution in [3.8, 4) is 5.75 Å². The molecule has 34 heavy (non-hydrogen) atoms. The van der Waals surface area contributed by atoms with Crippen molar-refractivity contribution in [2.24, 2.45) is 0 Å². The van der Waals surface area contributed by atoms with Gasteiger partial charge in [-0.2, -0.15) is 13.9 Å². The Labute approximate surface area is 198 Å². The normalized spacial score (nSPS) is 16.5. The molecule has 2 N–H and O–H groups in total. The Hall–Kier alpha value is -3.45. The summed E-state index contributed by atoms with van der Waals surface area (Å²) in [6, 6.07) is 9.82. The van der Waals surface area contributed by atoms with Crippen LogP contribution in [0, 0.1) is 6.92 Å². The predicted molar refractivity (Wildman–Crippen MR) is 122 cm³/mol. The second kappa shape index (κ2) is 10.7. The molecule has 1 amide bonds. The van der Waals surface area contributed by atoms with Gasteiger partial charge in [0.15, 0.2) is 11.9 Å². The van der Waals surface area contributed by atoms with Gasteiger partial charge in [-0.15, -0.1) is 15.3 Å². The summed E-state index contributed by atoms with van der Waals surface area (Å²) in [5, 5.41) is 23.3. The minimum Gasteiger partial charge on any atom is -0.435 e. The number of carbonyl (C=O) groups is 1. The van der Waals surface area contributed by atoms with Crippen LogP contribution in [0.2, 0.25) is 0 Å². The minimum absolute atomic E-state index is 0.0630. The van der Waals surface area contributed by atoms with Gasteiger partial charge in [0.25, 0.3) is 5.91 Å². The molecule has 4 rings (SSSR count). The number of amides is 1. The Morgan fingerprint density at radius 3 is 2.74 bits per heavy atom. The maximum Gasteiger partial charge on any atom is 0.387 e. The Morgan fingerprint density at radius 1 is 1.18 bits per heavy atom. The van der Waals surface area contributed by atoms with E-state index in [1.165, 1.54) is 36.6 Å². The van der Waals surface area contributed by atoms with Gasteiger partial charge in [0, 0.05) is 26.2 Å². The number of methoxy groups -OCH3 is 1. The molecule has 3 heterocycles. The van der Waals surface area contributed by atoms with Crippen LogP contribution in [0.25, 0.3) is 0 Å². The van der Waals surface area contributed by atoms with E-state index in [2.05, 4.69) is 40.7 Å². The average Bonchev–Trinajstić information content (AvgIpc) is 3.44. The smallest absolute Gasteiger partial charge is 0.387 e. The van der Waals surface area contributed by atoms with E-state index in [0.717, 1.165) is 31.0 Å². The summed E-state index contributed by atoms with van der Waals surface area (Å²) in [5.41, 5.74) is 1.23. The second-order valence-corrected chi connectivity index (χ2v) is 8.55. The number of halogens is 2. The van der Waals surface area contributed by atoms with Crippen LogP contribution in [0.15, 0.2) is 36.4 Å². The third-order valence-corrected chi connectivity index (χ3v) is 5.91. The summed E-state index contributed by atoms with van der Waals surface area (Å²) in [6.07, 6.45) is -0.153. The molecule has 13 heteroatoms. The first-order chi connectivity index (χ1) is 16.4. The zero-order valence-electron chi connectivity index (χ0n) is 18.4. The van der Waals surface area contributed by atoms with Gasteiger partial charge in [-0.05, 0) is 43.2 Å². The molecule has 1 aliphatic heterocycles. The van der Waals surface area contributed by atoms with Crippen molar-refractivity contribution >= 4 is 33.3 Å².